The third-order valence-corrected chi connectivity index (χ3v) is 4.73. The first-order valence-electron chi connectivity index (χ1n) is 7.62. The Bertz CT molecular complexity index is 606. The molecule has 0 radical (unpaired) electrons. The lowest BCUT2D eigenvalue weighted by Gasteiger charge is -2.30. The van der Waals surface area contributed by atoms with Crippen LogP contribution in [0.4, 0.5) is 19.4 Å². The monoisotopic (exact) mass is 345 g/mol. The van der Waals surface area contributed by atoms with Gasteiger partial charge in [0.05, 0.1) is 6.54 Å². The summed E-state index contributed by atoms with van der Waals surface area (Å²) in [7, 11) is 0. The van der Waals surface area contributed by atoms with Gasteiger partial charge in [0.2, 0.25) is 0 Å². The van der Waals surface area contributed by atoms with Crippen LogP contribution in [0, 0.1) is 0 Å². The van der Waals surface area contributed by atoms with Gasteiger partial charge in [-0.15, -0.1) is 0 Å². The highest BCUT2D eigenvalue weighted by Crippen LogP contribution is 2.34. The predicted octanol–water partition coefficient (Wildman–Crippen LogP) is 3.44. The Morgan fingerprint density at radius 2 is 2.00 bits per heavy atom. The molecule has 5 nitrogen and oxygen atoms in total. The van der Waals surface area contributed by atoms with E-state index in [4.69, 9.17) is 16.7 Å². The van der Waals surface area contributed by atoms with E-state index in [2.05, 4.69) is 4.98 Å². The molecule has 2 saturated heterocycles. The molecule has 1 N–H and O–H groups in total. The number of nitrogens with zero attached hydrogens (tertiary/aromatic N) is 3. The van der Waals surface area contributed by atoms with Gasteiger partial charge in [0, 0.05) is 26.1 Å². The number of carboxylic acid groups (broad SMARTS) is 1. The van der Waals surface area contributed by atoms with E-state index >= 15 is 0 Å². The molecule has 0 atom stereocenters. The first-order chi connectivity index (χ1) is 10.8. The molecule has 2 aliphatic heterocycles. The molecule has 2 fully saturated rings. The number of rotatable bonds is 2. The lowest BCUT2D eigenvalue weighted by Crippen LogP contribution is -2.36. The first kappa shape index (κ1) is 16.2. The van der Waals surface area contributed by atoms with E-state index in [1.807, 2.05) is 6.07 Å². The lowest BCUT2D eigenvalue weighted by molar-refractivity contribution is 0.0256. The van der Waals surface area contributed by atoms with E-state index < -0.39 is 12.0 Å². The number of hydrogen-bond donors (Lipinski definition) is 1. The number of piperidine rings is 1. The molecule has 1 aromatic heterocycles. The average molecular weight is 346 g/mol. The normalized spacial score (nSPS) is 21.7. The molecule has 0 bridgehead atoms. The highest BCUT2D eigenvalue weighted by Gasteiger charge is 2.39. The van der Waals surface area contributed by atoms with Crippen molar-refractivity contribution in [3.8, 4) is 0 Å². The fraction of sp³-hybridized carbons (Fsp3) is 0.600. The van der Waals surface area contributed by atoms with Crippen LogP contribution in [-0.2, 0) is 0 Å². The molecule has 3 rings (SSSR count). The summed E-state index contributed by atoms with van der Waals surface area (Å²) in [6.07, 6.45) is 0.314. The van der Waals surface area contributed by atoms with Gasteiger partial charge < -0.3 is 14.9 Å². The van der Waals surface area contributed by atoms with Gasteiger partial charge in [0.1, 0.15) is 11.0 Å². The Balaban J connectivity index is 1.75. The molecule has 0 unspecified atom stereocenters. The maximum absolute atomic E-state index is 13.4. The van der Waals surface area contributed by atoms with Crippen LogP contribution in [0.3, 0.4) is 0 Å². The van der Waals surface area contributed by atoms with Crippen molar-refractivity contribution in [1.82, 2.24) is 9.88 Å². The highest BCUT2D eigenvalue weighted by atomic mass is 35.5. The summed E-state index contributed by atoms with van der Waals surface area (Å²) in [5.41, 5.74) is 0.945. The summed E-state index contributed by atoms with van der Waals surface area (Å²) in [5.74, 6) is -2.03. The Hall–Kier alpha value is -1.63. The molecule has 1 amide bonds. The number of carbonyl (C=O) groups is 1. The zero-order chi connectivity index (χ0) is 16.6. The SMILES string of the molecule is O=C(O)N1CCC(c2cc(Cl)nc(N3CCC(F)(F)C3)c2)CC1. The van der Waals surface area contributed by atoms with Crippen LogP contribution >= 0.6 is 11.6 Å². The second kappa shape index (κ2) is 6.11. The van der Waals surface area contributed by atoms with Crippen molar-refractivity contribution >= 4 is 23.5 Å². The van der Waals surface area contributed by atoms with Crippen LogP contribution in [0.15, 0.2) is 12.1 Å². The fourth-order valence-electron chi connectivity index (χ4n) is 3.24. The molecule has 23 heavy (non-hydrogen) atoms. The number of anilines is 1. The molecule has 0 spiro atoms. The largest absolute Gasteiger partial charge is 0.465 e. The molecular weight excluding hydrogens is 328 g/mol. The third kappa shape index (κ3) is 3.65. The molecule has 0 aliphatic carbocycles. The van der Waals surface area contributed by atoms with Gasteiger partial charge in [0.25, 0.3) is 5.92 Å². The van der Waals surface area contributed by atoms with Crippen LogP contribution in [0.2, 0.25) is 5.15 Å². The topological polar surface area (TPSA) is 56.7 Å². The van der Waals surface area contributed by atoms with Crippen molar-refractivity contribution in [1.29, 1.82) is 0 Å². The number of hydrogen-bond acceptors (Lipinski definition) is 3. The lowest BCUT2D eigenvalue weighted by atomic mass is 9.90. The Kier molecular flexibility index (Phi) is 4.31. The Labute approximate surface area is 137 Å². The van der Waals surface area contributed by atoms with Gasteiger partial charge in [-0.1, -0.05) is 11.6 Å². The van der Waals surface area contributed by atoms with Crippen molar-refractivity contribution < 1.29 is 18.7 Å². The molecule has 0 saturated carbocycles. The average Bonchev–Trinajstić information content (AvgIpc) is 2.87. The smallest absolute Gasteiger partial charge is 0.407 e. The maximum atomic E-state index is 13.4. The van der Waals surface area contributed by atoms with Crippen molar-refractivity contribution in [2.24, 2.45) is 0 Å². The number of alkyl halides is 2. The summed E-state index contributed by atoms with van der Waals surface area (Å²) in [5, 5.41) is 9.28. The van der Waals surface area contributed by atoms with Gasteiger partial charge in [-0.05, 0) is 36.5 Å². The van der Waals surface area contributed by atoms with Crippen LogP contribution in [0.1, 0.15) is 30.7 Å². The summed E-state index contributed by atoms with van der Waals surface area (Å²) < 4.78 is 26.8. The van der Waals surface area contributed by atoms with Gasteiger partial charge in [-0.2, -0.15) is 0 Å². The predicted molar refractivity (Wildman–Crippen MR) is 82.6 cm³/mol. The molecule has 2 aliphatic rings. The zero-order valence-electron chi connectivity index (χ0n) is 12.5. The highest BCUT2D eigenvalue weighted by molar-refractivity contribution is 6.29. The summed E-state index contributed by atoms with van der Waals surface area (Å²) in [4.78, 5) is 18.1. The number of amides is 1. The standard InChI is InChI=1S/C15H18ClF2N3O2/c16-12-7-11(10-1-4-20(5-2-10)14(22)23)8-13(19-12)21-6-3-15(17,18)9-21/h7-8,10H,1-6,9H2,(H,22,23). The molecule has 3 heterocycles. The Morgan fingerprint density at radius 1 is 1.30 bits per heavy atom. The Morgan fingerprint density at radius 3 is 2.57 bits per heavy atom. The van der Waals surface area contributed by atoms with E-state index in [0.717, 1.165) is 5.56 Å². The number of aromatic nitrogens is 1. The second-order valence-electron chi connectivity index (χ2n) is 6.15. The maximum Gasteiger partial charge on any atom is 0.407 e. The first-order valence-corrected chi connectivity index (χ1v) is 8.00. The number of halogens is 3. The minimum atomic E-state index is -2.68. The molecule has 0 aromatic carbocycles. The number of pyridine rings is 1. The third-order valence-electron chi connectivity index (χ3n) is 4.53. The van der Waals surface area contributed by atoms with E-state index in [9.17, 15) is 13.6 Å². The van der Waals surface area contributed by atoms with Crippen LogP contribution in [-0.4, -0.2) is 53.2 Å². The van der Waals surface area contributed by atoms with Crippen molar-refractivity contribution in [3.63, 3.8) is 0 Å². The van der Waals surface area contributed by atoms with E-state index in [1.165, 1.54) is 4.90 Å². The van der Waals surface area contributed by atoms with E-state index in [0.29, 0.717) is 31.7 Å². The van der Waals surface area contributed by atoms with E-state index in [-0.39, 0.29) is 30.6 Å². The van der Waals surface area contributed by atoms with Crippen LogP contribution < -0.4 is 4.90 Å². The number of likely N-dealkylation sites (tertiary alicyclic amines) is 1. The minimum absolute atomic E-state index is 0.173. The second-order valence-corrected chi connectivity index (χ2v) is 6.54. The van der Waals surface area contributed by atoms with Crippen molar-refractivity contribution in [2.45, 2.75) is 31.1 Å². The van der Waals surface area contributed by atoms with Crippen molar-refractivity contribution in [2.75, 3.05) is 31.1 Å². The van der Waals surface area contributed by atoms with Crippen molar-refractivity contribution in [3.05, 3.63) is 22.8 Å². The summed E-state index contributed by atoms with van der Waals surface area (Å²) in [6, 6.07) is 3.56. The van der Waals surface area contributed by atoms with Gasteiger partial charge in [0.15, 0.2) is 0 Å². The summed E-state index contributed by atoms with van der Waals surface area (Å²) in [6.45, 7) is 0.864. The van der Waals surface area contributed by atoms with Gasteiger partial charge >= 0.3 is 6.09 Å². The van der Waals surface area contributed by atoms with E-state index in [1.54, 1.807) is 11.0 Å². The quantitative estimate of drug-likeness (QED) is 0.834. The van der Waals surface area contributed by atoms with Crippen LogP contribution in [0.25, 0.3) is 0 Å². The zero-order valence-corrected chi connectivity index (χ0v) is 13.3. The van der Waals surface area contributed by atoms with Crippen LogP contribution in [0.5, 0.6) is 0 Å². The molecule has 126 valence electrons. The summed E-state index contributed by atoms with van der Waals surface area (Å²) >= 11 is 6.07. The molecular formula is C15H18ClF2N3O2. The minimum Gasteiger partial charge on any atom is -0.465 e. The molecule has 8 heteroatoms. The van der Waals surface area contributed by atoms with Gasteiger partial charge in [-0.25, -0.2) is 18.6 Å². The molecule has 1 aromatic rings. The fourth-order valence-corrected chi connectivity index (χ4v) is 3.45. The van der Waals surface area contributed by atoms with Gasteiger partial charge in [-0.3, -0.25) is 0 Å².